The molecule has 0 aliphatic carbocycles. The summed E-state index contributed by atoms with van der Waals surface area (Å²) in [6.45, 7) is 7.09. The summed E-state index contributed by atoms with van der Waals surface area (Å²) in [5.41, 5.74) is 2.87. The number of carbonyl (C=O) groups excluding carboxylic acids is 3. The number of nitrogens with one attached hydrogen (secondary N) is 1. The molecule has 36 heavy (non-hydrogen) atoms. The zero-order chi connectivity index (χ0) is 25.8. The predicted octanol–water partition coefficient (Wildman–Crippen LogP) is 5.71. The van der Waals surface area contributed by atoms with Gasteiger partial charge in [-0.25, -0.2) is 9.69 Å². The van der Waals surface area contributed by atoms with Gasteiger partial charge in [-0.05, 0) is 72.9 Å². The fourth-order valence-corrected chi connectivity index (χ4v) is 4.09. The standard InChI is InChI=1S/C28H28ClN3O4/c1-4-18(2)20-8-11-23(12-9-20)36-15-14-31-13-5-6-21(31)16-24-26(33)30-28(35)32(27(24)34)22-10-7-19(3)25(29)17-22/h5-13,16-18H,4,14-15H2,1-3H3,(H,30,33,35)/b24-16+/t18-/m0/s1. The molecule has 0 saturated carbocycles. The minimum absolute atomic E-state index is 0.146. The smallest absolute Gasteiger partial charge is 0.335 e. The lowest BCUT2D eigenvalue weighted by atomic mass is 9.99. The molecule has 0 bridgehead atoms. The van der Waals surface area contributed by atoms with Crippen molar-refractivity contribution in [3.8, 4) is 5.75 Å². The molecule has 4 amide bonds. The number of aryl methyl sites for hydroxylation is 1. The van der Waals surface area contributed by atoms with Crippen LogP contribution in [0.1, 0.15) is 43.0 Å². The highest BCUT2D eigenvalue weighted by molar-refractivity contribution is 6.39. The molecule has 2 heterocycles. The van der Waals surface area contributed by atoms with Crippen LogP contribution in [-0.4, -0.2) is 29.0 Å². The van der Waals surface area contributed by atoms with Crippen molar-refractivity contribution in [1.29, 1.82) is 0 Å². The number of benzene rings is 2. The van der Waals surface area contributed by atoms with E-state index in [0.717, 1.165) is 22.6 Å². The highest BCUT2D eigenvalue weighted by atomic mass is 35.5. The number of rotatable bonds is 8. The Morgan fingerprint density at radius 3 is 2.53 bits per heavy atom. The van der Waals surface area contributed by atoms with Gasteiger partial charge >= 0.3 is 6.03 Å². The second kappa shape index (κ2) is 10.8. The lowest BCUT2D eigenvalue weighted by Gasteiger charge is -2.26. The van der Waals surface area contributed by atoms with Crippen molar-refractivity contribution in [2.45, 2.75) is 39.7 Å². The maximum absolute atomic E-state index is 13.2. The molecule has 2 aromatic carbocycles. The van der Waals surface area contributed by atoms with Gasteiger partial charge < -0.3 is 9.30 Å². The van der Waals surface area contributed by atoms with Crippen LogP contribution in [0.4, 0.5) is 10.5 Å². The Kier molecular flexibility index (Phi) is 7.60. The molecule has 1 aliphatic rings. The number of urea groups is 1. The number of anilines is 1. The topological polar surface area (TPSA) is 80.6 Å². The molecule has 1 aromatic heterocycles. The van der Waals surface area contributed by atoms with Crippen molar-refractivity contribution in [2.75, 3.05) is 11.5 Å². The van der Waals surface area contributed by atoms with E-state index in [2.05, 4.69) is 31.3 Å². The Morgan fingerprint density at radius 2 is 1.83 bits per heavy atom. The molecule has 1 aliphatic heterocycles. The molecule has 186 valence electrons. The van der Waals surface area contributed by atoms with E-state index in [-0.39, 0.29) is 11.3 Å². The van der Waals surface area contributed by atoms with Crippen molar-refractivity contribution in [1.82, 2.24) is 9.88 Å². The summed E-state index contributed by atoms with van der Waals surface area (Å²) in [6.07, 6.45) is 4.40. The summed E-state index contributed by atoms with van der Waals surface area (Å²) in [6, 6.07) is 15.7. The fourth-order valence-electron chi connectivity index (χ4n) is 3.91. The van der Waals surface area contributed by atoms with Gasteiger partial charge in [0, 0.05) is 16.9 Å². The number of hydrogen-bond donors (Lipinski definition) is 1. The first-order valence-corrected chi connectivity index (χ1v) is 12.2. The predicted molar refractivity (Wildman–Crippen MR) is 140 cm³/mol. The Labute approximate surface area is 215 Å². The summed E-state index contributed by atoms with van der Waals surface area (Å²) in [5, 5.41) is 2.65. The van der Waals surface area contributed by atoms with E-state index in [4.69, 9.17) is 16.3 Å². The zero-order valence-electron chi connectivity index (χ0n) is 20.5. The molecule has 4 rings (SSSR count). The number of hydrogen-bond acceptors (Lipinski definition) is 4. The summed E-state index contributed by atoms with van der Waals surface area (Å²) in [7, 11) is 0. The maximum atomic E-state index is 13.2. The van der Waals surface area contributed by atoms with Crippen LogP contribution in [-0.2, 0) is 16.1 Å². The van der Waals surface area contributed by atoms with Gasteiger partial charge in [0.2, 0.25) is 0 Å². The summed E-state index contributed by atoms with van der Waals surface area (Å²) in [5.74, 6) is -0.177. The van der Waals surface area contributed by atoms with Gasteiger partial charge in [0.1, 0.15) is 17.9 Å². The zero-order valence-corrected chi connectivity index (χ0v) is 21.2. The highest BCUT2D eigenvalue weighted by Gasteiger charge is 2.37. The molecule has 1 atom stereocenters. The Balaban J connectivity index is 1.48. The quantitative estimate of drug-likeness (QED) is 0.314. The van der Waals surface area contributed by atoms with E-state index in [1.54, 1.807) is 18.2 Å². The number of halogens is 1. The minimum atomic E-state index is -0.815. The number of aromatic nitrogens is 1. The molecular weight excluding hydrogens is 478 g/mol. The van der Waals surface area contributed by atoms with Gasteiger partial charge in [-0.3, -0.25) is 14.9 Å². The highest BCUT2D eigenvalue weighted by Crippen LogP contribution is 2.27. The van der Waals surface area contributed by atoms with Crippen molar-refractivity contribution < 1.29 is 19.1 Å². The second-order valence-electron chi connectivity index (χ2n) is 8.74. The van der Waals surface area contributed by atoms with Crippen molar-refractivity contribution in [2.24, 2.45) is 0 Å². The van der Waals surface area contributed by atoms with Crippen molar-refractivity contribution >= 4 is 41.2 Å². The minimum Gasteiger partial charge on any atom is -0.492 e. The normalized spacial score (nSPS) is 15.8. The van der Waals surface area contributed by atoms with Crippen LogP contribution in [0, 0.1) is 6.92 Å². The van der Waals surface area contributed by atoms with E-state index in [9.17, 15) is 14.4 Å². The molecule has 0 spiro atoms. The van der Waals surface area contributed by atoms with Gasteiger partial charge in [-0.2, -0.15) is 0 Å². The first-order valence-electron chi connectivity index (χ1n) is 11.8. The molecule has 1 fully saturated rings. The van der Waals surface area contributed by atoms with E-state index in [1.807, 2.05) is 35.9 Å². The van der Waals surface area contributed by atoms with E-state index in [1.165, 1.54) is 17.7 Å². The third-order valence-corrected chi connectivity index (χ3v) is 6.74. The van der Waals surface area contributed by atoms with Crippen LogP contribution in [0.3, 0.4) is 0 Å². The number of nitrogens with zero attached hydrogens (tertiary/aromatic N) is 2. The number of imide groups is 2. The first kappa shape index (κ1) is 25.3. The summed E-state index contributed by atoms with van der Waals surface area (Å²) >= 11 is 6.18. The largest absolute Gasteiger partial charge is 0.492 e. The first-order chi connectivity index (χ1) is 17.3. The molecule has 0 radical (unpaired) electrons. The Bertz CT molecular complexity index is 1330. The van der Waals surface area contributed by atoms with Gasteiger partial charge in [-0.15, -0.1) is 0 Å². The fraction of sp³-hybridized carbons (Fsp3) is 0.250. The Hall–Kier alpha value is -3.84. The lowest BCUT2D eigenvalue weighted by Crippen LogP contribution is -2.54. The Morgan fingerprint density at radius 1 is 1.08 bits per heavy atom. The average Bonchev–Trinajstić information content (AvgIpc) is 3.30. The van der Waals surface area contributed by atoms with E-state index >= 15 is 0 Å². The van der Waals surface area contributed by atoms with Crippen LogP contribution in [0.2, 0.25) is 5.02 Å². The van der Waals surface area contributed by atoms with E-state index < -0.39 is 17.8 Å². The molecule has 1 N–H and O–H groups in total. The van der Waals surface area contributed by atoms with Gasteiger partial charge in [0.25, 0.3) is 11.8 Å². The third kappa shape index (κ3) is 5.36. The molecule has 8 heteroatoms. The molecule has 1 saturated heterocycles. The van der Waals surface area contributed by atoms with Gasteiger partial charge in [0.05, 0.1) is 12.2 Å². The van der Waals surface area contributed by atoms with Crippen LogP contribution in [0.25, 0.3) is 6.08 Å². The van der Waals surface area contributed by atoms with Crippen LogP contribution in [0.15, 0.2) is 66.4 Å². The number of barbiturate groups is 1. The maximum Gasteiger partial charge on any atom is 0.335 e. The molecule has 3 aromatic rings. The SMILES string of the molecule is CC[C@H](C)c1ccc(OCCn2cccc2/C=C2\C(=O)NC(=O)N(c3ccc(C)c(Cl)c3)C2=O)cc1. The van der Waals surface area contributed by atoms with Crippen molar-refractivity contribution in [3.05, 3.63) is 88.2 Å². The van der Waals surface area contributed by atoms with Crippen LogP contribution >= 0.6 is 11.6 Å². The number of ether oxygens (including phenoxy) is 1. The van der Waals surface area contributed by atoms with Gasteiger partial charge in [0.15, 0.2) is 0 Å². The monoisotopic (exact) mass is 505 g/mol. The van der Waals surface area contributed by atoms with Crippen LogP contribution < -0.4 is 15.0 Å². The third-order valence-electron chi connectivity index (χ3n) is 6.33. The molecule has 7 nitrogen and oxygen atoms in total. The van der Waals surface area contributed by atoms with Crippen molar-refractivity contribution in [3.63, 3.8) is 0 Å². The van der Waals surface area contributed by atoms with Crippen LogP contribution in [0.5, 0.6) is 5.75 Å². The van der Waals surface area contributed by atoms with E-state index in [0.29, 0.717) is 29.8 Å². The molecular formula is C28H28ClN3O4. The lowest BCUT2D eigenvalue weighted by molar-refractivity contribution is -0.122. The number of carbonyl (C=O) groups is 3. The second-order valence-corrected chi connectivity index (χ2v) is 9.15. The summed E-state index contributed by atoms with van der Waals surface area (Å²) in [4.78, 5) is 39.1. The average molecular weight is 506 g/mol. The van der Waals surface area contributed by atoms with Gasteiger partial charge in [-0.1, -0.05) is 43.6 Å². The summed E-state index contributed by atoms with van der Waals surface area (Å²) < 4.78 is 7.77. The molecule has 0 unspecified atom stereocenters. The number of amides is 4.